The van der Waals surface area contributed by atoms with Gasteiger partial charge in [-0.3, -0.25) is 4.79 Å². The SMILES string of the molecule is N#Cc1ccccc1OCC(=O)N1N=C(c2cc3ccccc3o2)C[C@H]1c1ccco1. The fraction of sp³-hybridized carbons (Fsp3) is 0.125. The monoisotopic (exact) mass is 411 g/mol. The van der Waals surface area contributed by atoms with Crippen LogP contribution in [0.2, 0.25) is 0 Å². The Balaban J connectivity index is 1.42. The normalized spacial score (nSPS) is 15.6. The Hall–Kier alpha value is -4.31. The molecule has 0 N–H and O–H groups in total. The number of carbonyl (C=O) groups is 1. The van der Waals surface area contributed by atoms with Crippen molar-refractivity contribution < 1.29 is 18.4 Å². The lowest BCUT2D eigenvalue weighted by molar-refractivity contribution is -0.135. The Morgan fingerprint density at radius 2 is 2.00 bits per heavy atom. The summed E-state index contributed by atoms with van der Waals surface area (Å²) >= 11 is 0. The standard InChI is InChI=1S/C24H17N3O4/c25-14-17-7-2-3-8-20(17)30-15-24(28)27-19(22-10-5-11-29-22)13-18(26-27)23-12-16-6-1-4-9-21(16)31-23/h1-12,19H,13,15H2/t19-/m0/s1. The third-order valence-corrected chi connectivity index (χ3v) is 5.11. The first-order valence-corrected chi connectivity index (χ1v) is 9.77. The number of nitrogens with zero attached hydrogens (tertiary/aromatic N) is 3. The Bertz CT molecular complexity index is 1280. The van der Waals surface area contributed by atoms with Gasteiger partial charge in [-0.15, -0.1) is 0 Å². The van der Waals surface area contributed by atoms with E-state index in [9.17, 15) is 10.1 Å². The zero-order valence-corrected chi connectivity index (χ0v) is 16.4. The van der Waals surface area contributed by atoms with E-state index < -0.39 is 6.04 Å². The van der Waals surface area contributed by atoms with Crippen LogP contribution in [0.15, 0.2) is 86.9 Å². The van der Waals surface area contributed by atoms with Gasteiger partial charge in [-0.05, 0) is 36.4 Å². The van der Waals surface area contributed by atoms with Crippen LogP contribution in [0.3, 0.4) is 0 Å². The molecule has 2 aromatic heterocycles. The summed E-state index contributed by atoms with van der Waals surface area (Å²) < 4.78 is 17.1. The summed E-state index contributed by atoms with van der Waals surface area (Å²) in [7, 11) is 0. The molecule has 2 aromatic carbocycles. The molecule has 1 amide bonds. The predicted octanol–water partition coefficient (Wildman–Crippen LogP) is 4.65. The molecule has 1 atom stereocenters. The van der Waals surface area contributed by atoms with Crippen LogP contribution in [0.5, 0.6) is 5.75 Å². The molecular formula is C24H17N3O4. The summed E-state index contributed by atoms with van der Waals surface area (Å²) in [6.45, 7) is -0.257. The van der Waals surface area contributed by atoms with E-state index in [-0.39, 0.29) is 12.5 Å². The number of benzene rings is 2. The van der Waals surface area contributed by atoms with Crippen molar-refractivity contribution in [3.05, 3.63) is 90.1 Å². The average Bonchev–Trinajstić information content (AvgIpc) is 3.56. The van der Waals surface area contributed by atoms with E-state index in [1.54, 1.807) is 36.6 Å². The number of rotatable bonds is 5. The predicted molar refractivity (Wildman–Crippen MR) is 112 cm³/mol. The second kappa shape index (κ2) is 7.84. The number of para-hydroxylation sites is 2. The van der Waals surface area contributed by atoms with E-state index in [1.807, 2.05) is 36.4 Å². The van der Waals surface area contributed by atoms with Crippen LogP contribution in [0, 0.1) is 11.3 Å². The highest BCUT2D eigenvalue weighted by Crippen LogP contribution is 2.34. The third kappa shape index (κ3) is 3.55. The van der Waals surface area contributed by atoms with Crippen LogP contribution in [-0.2, 0) is 4.79 Å². The van der Waals surface area contributed by atoms with E-state index in [0.717, 1.165) is 11.0 Å². The van der Waals surface area contributed by atoms with Crippen LogP contribution in [-0.4, -0.2) is 23.2 Å². The zero-order chi connectivity index (χ0) is 21.2. The summed E-state index contributed by atoms with van der Waals surface area (Å²) in [5.41, 5.74) is 1.78. The minimum Gasteiger partial charge on any atom is -0.482 e. The van der Waals surface area contributed by atoms with Crippen molar-refractivity contribution >= 4 is 22.6 Å². The second-order valence-corrected chi connectivity index (χ2v) is 7.07. The third-order valence-electron chi connectivity index (χ3n) is 5.11. The fourth-order valence-corrected chi connectivity index (χ4v) is 3.61. The number of hydrazone groups is 1. The zero-order valence-electron chi connectivity index (χ0n) is 16.4. The van der Waals surface area contributed by atoms with Gasteiger partial charge in [-0.1, -0.05) is 30.3 Å². The maximum Gasteiger partial charge on any atom is 0.281 e. The second-order valence-electron chi connectivity index (χ2n) is 7.07. The lowest BCUT2D eigenvalue weighted by atomic mass is 10.1. The number of furan rings is 2. The first-order chi connectivity index (χ1) is 15.2. The number of amides is 1. The topological polar surface area (TPSA) is 92.0 Å². The summed E-state index contributed by atoms with van der Waals surface area (Å²) in [6, 6.07) is 21.6. The van der Waals surface area contributed by atoms with Crippen LogP contribution < -0.4 is 4.74 Å². The van der Waals surface area contributed by atoms with Crippen molar-refractivity contribution in [2.45, 2.75) is 12.5 Å². The van der Waals surface area contributed by atoms with E-state index in [1.165, 1.54) is 5.01 Å². The van der Waals surface area contributed by atoms with E-state index >= 15 is 0 Å². The highest BCUT2D eigenvalue weighted by molar-refractivity contribution is 6.03. The molecule has 0 saturated carbocycles. The van der Waals surface area contributed by atoms with Crippen molar-refractivity contribution in [3.8, 4) is 11.8 Å². The molecule has 152 valence electrons. The smallest absolute Gasteiger partial charge is 0.281 e. The number of carbonyl (C=O) groups excluding carboxylic acids is 1. The van der Waals surface area contributed by atoms with Gasteiger partial charge in [0, 0.05) is 11.8 Å². The van der Waals surface area contributed by atoms with Gasteiger partial charge in [0.05, 0.1) is 11.8 Å². The highest BCUT2D eigenvalue weighted by Gasteiger charge is 2.36. The minimum atomic E-state index is -0.402. The fourth-order valence-electron chi connectivity index (χ4n) is 3.61. The van der Waals surface area contributed by atoms with E-state index in [0.29, 0.717) is 35.0 Å². The van der Waals surface area contributed by atoms with E-state index in [2.05, 4.69) is 11.2 Å². The summed E-state index contributed by atoms with van der Waals surface area (Å²) in [4.78, 5) is 13.0. The number of hydrogen-bond donors (Lipinski definition) is 0. The van der Waals surface area contributed by atoms with Crippen molar-refractivity contribution in [1.82, 2.24) is 5.01 Å². The Kier molecular flexibility index (Phi) is 4.73. The molecule has 1 aliphatic rings. The summed E-state index contributed by atoms with van der Waals surface area (Å²) in [5.74, 6) is 1.25. The van der Waals surface area contributed by atoms with Gasteiger partial charge in [0.25, 0.3) is 5.91 Å². The molecule has 0 bridgehead atoms. The van der Waals surface area contributed by atoms with Crippen molar-refractivity contribution in [2.75, 3.05) is 6.61 Å². The summed E-state index contributed by atoms with van der Waals surface area (Å²) in [5, 5.41) is 16.1. The number of nitriles is 1. The maximum absolute atomic E-state index is 13.0. The Morgan fingerprint density at radius 3 is 2.81 bits per heavy atom. The minimum absolute atomic E-state index is 0.257. The Labute approximate surface area is 177 Å². The molecule has 0 radical (unpaired) electrons. The van der Waals surface area contributed by atoms with Gasteiger partial charge < -0.3 is 13.6 Å². The molecule has 0 spiro atoms. The van der Waals surface area contributed by atoms with E-state index in [4.69, 9.17) is 13.6 Å². The first kappa shape index (κ1) is 18.7. The van der Waals surface area contributed by atoms with Crippen molar-refractivity contribution in [3.63, 3.8) is 0 Å². The van der Waals surface area contributed by atoms with Crippen LogP contribution in [0.4, 0.5) is 0 Å². The molecular weight excluding hydrogens is 394 g/mol. The van der Waals surface area contributed by atoms with Crippen LogP contribution in [0.1, 0.15) is 29.5 Å². The largest absolute Gasteiger partial charge is 0.482 e. The molecule has 0 aliphatic carbocycles. The van der Waals surface area contributed by atoms with Crippen LogP contribution >= 0.6 is 0 Å². The lowest BCUT2D eigenvalue weighted by Crippen LogP contribution is -2.31. The van der Waals surface area contributed by atoms with Gasteiger partial charge in [0.1, 0.15) is 34.9 Å². The van der Waals surface area contributed by atoms with Gasteiger partial charge >= 0.3 is 0 Å². The molecule has 1 aliphatic heterocycles. The quantitative estimate of drug-likeness (QED) is 0.476. The van der Waals surface area contributed by atoms with Crippen molar-refractivity contribution in [1.29, 1.82) is 5.26 Å². The molecule has 0 unspecified atom stereocenters. The van der Waals surface area contributed by atoms with Gasteiger partial charge in [-0.2, -0.15) is 10.4 Å². The number of hydrogen-bond acceptors (Lipinski definition) is 6. The van der Waals surface area contributed by atoms with Gasteiger partial charge in [0.15, 0.2) is 12.4 Å². The number of fused-ring (bicyclic) bond motifs is 1. The first-order valence-electron chi connectivity index (χ1n) is 9.77. The van der Waals surface area contributed by atoms with Gasteiger partial charge in [-0.25, -0.2) is 5.01 Å². The molecule has 0 saturated heterocycles. The maximum atomic E-state index is 13.0. The lowest BCUT2D eigenvalue weighted by Gasteiger charge is -2.20. The summed E-state index contributed by atoms with van der Waals surface area (Å²) in [6.07, 6.45) is 2.02. The molecule has 3 heterocycles. The molecule has 4 aromatic rings. The molecule has 31 heavy (non-hydrogen) atoms. The van der Waals surface area contributed by atoms with Gasteiger partial charge in [0.2, 0.25) is 0 Å². The average molecular weight is 411 g/mol. The van der Waals surface area contributed by atoms with Crippen LogP contribution in [0.25, 0.3) is 11.0 Å². The Morgan fingerprint density at radius 1 is 1.16 bits per heavy atom. The highest BCUT2D eigenvalue weighted by atomic mass is 16.5. The molecule has 7 nitrogen and oxygen atoms in total. The molecule has 7 heteroatoms. The number of ether oxygens (including phenoxy) is 1. The van der Waals surface area contributed by atoms with Crippen molar-refractivity contribution in [2.24, 2.45) is 5.10 Å². The molecule has 5 rings (SSSR count). The molecule has 0 fully saturated rings.